The first-order valence-corrected chi connectivity index (χ1v) is 10.0. The zero-order chi connectivity index (χ0) is 19.7. The number of piperazine rings is 1. The van der Waals surface area contributed by atoms with E-state index < -0.39 is 0 Å². The van der Waals surface area contributed by atoms with Crippen molar-refractivity contribution in [3.8, 4) is 0 Å². The molecule has 5 nitrogen and oxygen atoms in total. The molecule has 5 heteroatoms. The van der Waals surface area contributed by atoms with Crippen molar-refractivity contribution >= 4 is 17.5 Å². The molecule has 0 spiro atoms. The Labute approximate surface area is 166 Å². The fourth-order valence-electron chi connectivity index (χ4n) is 3.67. The Hall–Kier alpha value is -2.82. The fourth-order valence-corrected chi connectivity index (χ4v) is 3.67. The first kappa shape index (κ1) is 18.5. The lowest BCUT2D eigenvalue weighted by Gasteiger charge is -2.37. The second kappa shape index (κ2) is 7.66. The third-order valence-electron chi connectivity index (χ3n) is 5.79. The summed E-state index contributed by atoms with van der Waals surface area (Å²) >= 11 is 0. The van der Waals surface area contributed by atoms with Crippen molar-refractivity contribution in [2.24, 2.45) is 0 Å². The fraction of sp³-hybridized carbons (Fsp3) is 0.391. The summed E-state index contributed by atoms with van der Waals surface area (Å²) in [5.74, 6) is -0.0154. The Balaban J connectivity index is 1.37. The molecule has 0 aromatic heterocycles. The quantitative estimate of drug-likeness (QED) is 0.891. The van der Waals surface area contributed by atoms with Gasteiger partial charge < -0.3 is 15.1 Å². The topological polar surface area (TPSA) is 52.7 Å². The van der Waals surface area contributed by atoms with E-state index >= 15 is 0 Å². The summed E-state index contributed by atoms with van der Waals surface area (Å²) in [5, 5.41) is 2.97. The van der Waals surface area contributed by atoms with Crippen LogP contribution < -0.4 is 10.2 Å². The van der Waals surface area contributed by atoms with Crippen LogP contribution in [0.5, 0.6) is 0 Å². The smallest absolute Gasteiger partial charge is 0.253 e. The zero-order valence-electron chi connectivity index (χ0n) is 16.6. The lowest BCUT2D eigenvalue weighted by Crippen LogP contribution is -2.49. The van der Waals surface area contributed by atoms with E-state index in [1.165, 1.54) is 16.8 Å². The molecule has 2 amide bonds. The molecule has 1 aliphatic carbocycles. The molecule has 0 unspecified atom stereocenters. The van der Waals surface area contributed by atoms with Gasteiger partial charge in [-0.25, -0.2) is 0 Å². The van der Waals surface area contributed by atoms with E-state index in [1.807, 2.05) is 4.90 Å². The second-order valence-electron chi connectivity index (χ2n) is 7.82. The second-order valence-corrected chi connectivity index (χ2v) is 7.82. The molecule has 2 aromatic rings. The number of carbonyl (C=O) groups is 2. The molecule has 28 heavy (non-hydrogen) atoms. The summed E-state index contributed by atoms with van der Waals surface area (Å²) in [6.07, 6.45) is 2.13. The molecule has 1 heterocycles. The van der Waals surface area contributed by atoms with Gasteiger partial charge in [0, 0.05) is 49.0 Å². The van der Waals surface area contributed by atoms with E-state index in [4.69, 9.17) is 0 Å². The number of benzene rings is 2. The highest BCUT2D eigenvalue weighted by Crippen LogP contribution is 2.24. The summed E-state index contributed by atoms with van der Waals surface area (Å²) in [6, 6.07) is 13.7. The van der Waals surface area contributed by atoms with E-state index in [9.17, 15) is 9.59 Å². The Morgan fingerprint density at radius 3 is 2.18 bits per heavy atom. The number of aryl methyl sites for hydroxylation is 1. The highest BCUT2D eigenvalue weighted by molar-refractivity contribution is 5.98. The number of nitrogens with one attached hydrogen (secondary N) is 1. The van der Waals surface area contributed by atoms with Crippen molar-refractivity contribution < 1.29 is 9.59 Å². The molecular weight excluding hydrogens is 350 g/mol. The van der Waals surface area contributed by atoms with Gasteiger partial charge in [0.15, 0.2) is 0 Å². The number of carbonyl (C=O) groups excluding carboxylic acids is 2. The lowest BCUT2D eigenvalue weighted by molar-refractivity contribution is 0.0746. The Bertz CT molecular complexity index is 879. The molecule has 4 rings (SSSR count). The van der Waals surface area contributed by atoms with Crippen molar-refractivity contribution in [3.63, 3.8) is 0 Å². The minimum Gasteiger partial charge on any atom is -0.368 e. The molecular formula is C23H27N3O2. The molecule has 0 radical (unpaired) electrons. The van der Waals surface area contributed by atoms with Gasteiger partial charge in [-0.2, -0.15) is 0 Å². The molecule has 2 aliphatic rings. The van der Waals surface area contributed by atoms with Crippen molar-refractivity contribution in [1.82, 2.24) is 10.2 Å². The van der Waals surface area contributed by atoms with Crippen LogP contribution >= 0.6 is 0 Å². The number of hydrogen-bond donors (Lipinski definition) is 1. The van der Waals surface area contributed by atoms with E-state index in [2.05, 4.69) is 42.3 Å². The van der Waals surface area contributed by atoms with Crippen LogP contribution in [0.15, 0.2) is 42.5 Å². The maximum atomic E-state index is 12.8. The van der Waals surface area contributed by atoms with Crippen molar-refractivity contribution in [2.75, 3.05) is 31.1 Å². The summed E-state index contributed by atoms with van der Waals surface area (Å²) in [7, 11) is 0. The highest BCUT2D eigenvalue weighted by Gasteiger charge is 2.25. The molecule has 2 aromatic carbocycles. The molecule has 1 saturated heterocycles. The minimum absolute atomic E-state index is 0.0368. The third-order valence-corrected chi connectivity index (χ3v) is 5.79. The summed E-state index contributed by atoms with van der Waals surface area (Å²) in [6.45, 7) is 7.36. The predicted octanol–water partition coefficient (Wildman–Crippen LogP) is 3.16. The van der Waals surface area contributed by atoms with Gasteiger partial charge in [-0.05, 0) is 68.1 Å². The molecule has 0 atom stereocenters. The standard InChI is InChI=1S/C23H27N3O2/c1-16-4-3-5-21(17(16)2)25-12-14-26(15-13-25)23(28)19-8-6-18(7-9-19)22(27)24-20-10-11-20/h3-9,20H,10-15H2,1-2H3,(H,24,27). The van der Waals surface area contributed by atoms with Crippen molar-refractivity contribution in [2.45, 2.75) is 32.7 Å². The number of nitrogens with zero attached hydrogens (tertiary/aromatic N) is 2. The van der Waals surface area contributed by atoms with Crippen LogP contribution in [0.1, 0.15) is 44.7 Å². The van der Waals surface area contributed by atoms with Crippen molar-refractivity contribution in [1.29, 1.82) is 0 Å². The third kappa shape index (κ3) is 3.88. The number of amides is 2. The normalized spacial score (nSPS) is 16.8. The summed E-state index contributed by atoms with van der Waals surface area (Å²) < 4.78 is 0. The van der Waals surface area contributed by atoms with Crippen molar-refractivity contribution in [3.05, 3.63) is 64.7 Å². The molecule has 1 aliphatic heterocycles. The highest BCUT2D eigenvalue weighted by atomic mass is 16.2. The zero-order valence-corrected chi connectivity index (χ0v) is 16.6. The first-order chi connectivity index (χ1) is 13.5. The van der Waals surface area contributed by atoms with Crippen LogP contribution in [0.25, 0.3) is 0 Å². The van der Waals surface area contributed by atoms with E-state index in [0.29, 0.717) is 30.3 Å². The van der Waals surface area contributed by atoms with E-state index in [-0.39, 0.29) is 11.8 Å². The average Bonchev–Trinajstić information content (AvgIpc) is 3.54. The van der Waals surface area contributed by atoms with Crippen LogP contribution in [0, 0.1) is 13.8 Å². The maximum absolute atomic E-state index is 12.8. The Kier molecular flexibility index (Phi) is 5.07. The van der Waals surface area contributed by atoms with Crippen LogP contribution in [-0.2, 0) is 0 Å². The molecule has 2 fully saturated rings. The summed E-state index contributed by atoms with van der Waals surface area (Å²) in [5.41, 5.74) is 5.12. The van der Waals surface area contributed by atoms with Gasteiger partial charge in [0.05, 0.1) is 0 Å². The van der Waals surface area contributed by atoms with E-state index in [0.717, 1.165) is 25.9 Å². The van der Waals surface area contributed by atoms with Crippen LogP contribution in [0.2, 0.25) is 0 Å². The van der Waals surface area contributed by atoms with Crippen LogP contribution in [0.4, 0.5) is 5.69 Å². The van der Waals surface area contributed by atoms with Gasteiger partial charge in [-0.1, -0.05) is 12.1 Å². The van der Waals surface area contributed by atoms with Gasteiger partial charge in [0.1, 0.15) is 0 Å². The first-order valence-electron chi connectivity index (χ1n) is 10.0. The average molecular weight is 377 g/mol. The lowest BCUT2D eigenvalue weighted by atomic mass is 10.1. The molecule has 1 saturated carbocycles. The number of anilines is 1. The minimum atomic E-state index is -0.0522. The SMILES string of the molecule is Cc1cccc(N2CCN(C(=O)c3ccc(C(=O)NC4CC4)cc3)CC2)c1C. The Morgan fingerprint density at radius 2 is 1.54 bits per heavy atom. The molecule has 0 bridgehead atoms. The van der Waals surface area contributed by atoms with Gasteiger partial charge >= 0.3 is 0 Å². The Morgan fingerprint density at radius 1 is 0.893 bits per heavy atom. The predicted molar refractivity (Wildman–Crippen MR) is 111 cm³/mol. The van der Waals surface area contributed by atoms with Gasteiger partial charge in [-0.3, -0.25) is 9.59 Å². The van der Waals surface area contributed by atoms with Gasteiger partial charge in [-0.15, -0.1) is 0 Å². The van der Waals surface area contributed by atoms with Crippen LogP contribution in [0.3, 0.4) is 0 Å². The molecule has 146 valence electrons. The molecule has 1 N–H and O–H groups in total. The number of rotatable bonds is 4. The summed E-state index contributed by atoms with van der Waals surface area (Å²) in [4.78, 5) is 29.2. The maximum Gasteiger partial charge on any atom is 0.253 e. The van der Waals surface area contributed by atoms with E-state index in [1.54, 1.807) is 24.3 Å². The van der Waals surface area contributed by atoms with Gasteiger partial charge in [0.2, 0.25) is 0 Å². The monoisotopic (exact) mass is 377 g/mol. The van der Waals surface area contributed by atoms with Gasteiger partial charge in [0.25, 0.3) is 11.8 Å². The largest absolute Gasteiger partial charge is 0.368 e. The number of hydrogen-bond acceptors (Lipinski definition) is 3. The van der Waals surface area contributed by atoms with Crippen LogP contribution in [-0.4, -0.2) is 48.9 Å².